The van der Waals surface area contributed by atoms with Gasteiger partial charge in [-0.05, 0) is 49.7 Å². The second-order valence-corrected chi connectivity index (χ2v) is 8.01. The maximum Gasteiger partial charge on any atom is 0.272 e. The number of ether oxygens (including phenoxy) is 3. The fourth-order valence-electron chi connectivity index (χ4n) is 3.96. The molecule has 4 rings (SSSR count). The monoisotopic (exact) mass is 469 g/mol. The molecule has 0 unspecified atom stereocenters. The number of para-hydroxylation sites is 1. The van der Waals surface area contributed by atoms with Crippen molar-refractivity contribution in [2.24, 2.45) is 5.10 Å². The minimum Gasteiger partial charge on any atom is -0.493 e. The van der Waals surface area contributed by atoms with E-state index in [1.807, 2.05) is 44.2 Å². The van der Waals surface area contributed by atoms with Gasteiger partial charge in [0, 0.05) is 16.5 Å². The molecule has 7 nitrogen and oxygen atoms in total. The van der Waals surface area contributed by atoms with Crippen molar-refractivity contribution in [3.05, 3.63) is 82.9 Å². The van der Waals surface area contributed by atoms with Gasteiger partial charge in [-0.3, -0.25) is 4.79 Å². The van der Waals surface area contributed by atoms with Crippen LogP contribution in [0.3, 0.4) is 0 Å². The number of hydrazone groups is 1. The van der Waals surface area contributed by atoms with Gasteiger partial charge in [-0.1, -0.05) is 35.9 Å². The average molecular weight is 470 g/mol. The van der Waals surface area contributed by atoms with Gasteiger partial charge in [0.25, 0.3) is 5.91 Å². The lowest BCUT2D eigenvalue weighted by molar-refractivity contribution is 0.0956. The van der Waals surface area contributed by atoms with Crippen LogP contribution in [-0.2, 0) is 0 Å². The molecule has 0 atom stereocenters. The molecule has 0 aliphatic carbocycles. The Kier molecular flexibility index (Phi) is 6.96. The van der Waals surface area contributed by atoms with Crippen LogP contribution in [0.1, 0.15) is 27.0 Å². The molecule has 1 heterocycles. The first kappa shape index (κ1) is 23.8. The van der Waals surface area contributed by atoms with Crippen molar-refractivity contribution < 1.29 is 19.0 Å². The van der Waals surface area contributed by atoms with E-state index < -0.39 is 0 Å². The number of aromatic nitrogens is 1. The van der Waals surface area contributed by atoms with Crippen LogP contribution >= 0.6 is 0 Å². The first-order chi connectivity index (χ1) is 17.0. The Balaban J connectivity index is 1.69. The van der Waals surface area contributed by atoms with Gasteiger partial charge in [0.1, 0.15) is 0 Å². The van der Waals surface area contributed by atoms with E-state index in [1.54, 1.807) is 19.2 Å². The Morgan fingerprint density at radius 2 is 1.69 bits per heavy atom. The second-order valence-electron chi connectivity index (χ2n) is 8.01. The van der Waals surface area contributed by atoms with Crippen LogP contribution in [-0.4, -0.2) is 38.4 Å². The number of fused-ring (bicyclic) bond motifs is 1. The number of methoxy groups -OCH3 is 3. The summed E-state index contributed by atoms with van der Waals surface area (Å²) >= 11 is 0. The van der Waals surface area contributed by atoms with Crippen LogP contribution in [0, 0.1) is 13.8 Å². The lowest BCUT2D eigenvalue weighted by Gasteiger charge is -2.13. The maximum atomic E-state index is 13.2. The van der Waals surface area contributed by atoms with Crippen LogP contribution in [0.2, 0.25) is 0 Å². The van der Waals surface area contributed by atoms with Gasteiger partial charge in [-0.15, -0.1) is 0 Å². The zero-order chi connectivity index (χ0) is 24.9. The topological polar surface area (TPSA) is 82.0 Å². The zero-order valence-corrected chi connectivity index (χ0v) is 20.4. The van der Waals surface area contributed by atoms with Crippen molar-refractivity contribution in [1.29, 1.82) is 0 Å². The summed E-state index contributed by atoms with van der Waals surface area (Å²) in [6.07, 6.45) is 1.51. The summed E-state index contributed by atoms with van der Waals surface area (Å²) in [5, 5.41) is 4.93. The first-order valence-corrected chi connectivity index (χ1v) is 11.1. The quantitative estimate of drug-likeness (QED) is 0.293. The summed E-state index contributed by atoms with van der Waals surface area (Å²) in [5.74, 6) is 1.10. The van der Waals surface area contributed by atoms with Crippen LogP contribution in [0.15, 0.2) is 65.8 Å². The number of carbonyl (C=O) groups is 1. The van der Waals surface area contributed by atoms with Gasteiger partial charge in [0.15, 0.2) is 11.5 Å². The summed E-state index contributed by atoms with van der Waals surface area (Å²) in [6, 6.07) is 19.1. The normalized spacial score (nSPS) is 11.0. The SMILES string of the molecule is COc1ccc(/C=N/NC(=O)c2cc(-c3cc(C)ccc3C)nc3ccccc23)c(OC)c1OC. The van der Waals surface area contributed by atoms with Crippen molar-refractivity contribution in [2.75, 3.05) is 21.3 Å². The molecule has 0 radical (unpaired) electrons. The molecule has 178 valence electrons. The summed E-state index contributed by atoms with van der Waals surface area (Å²) in [7, 11) is 4.62. The highest BCUT2D eigenvalue weighted by Crippen LogP contribution is 2.39. The third-order valence-electron chi connectivity index (χ3n) is 5.73. The summed E-state index contributed by atoms with van der Waals surface area (Å²) in [6.45, 7) is 4.07. The number of rotatable bonds is 7. The second kappa shape index (κ2) is 10.3. The van der Waals surface area contributed by atoms with E-state index >= 15 is 0 Å². The Morgan fingerprint density at radius 1 is 0.914 bits per heavy atom. The van der Waals surface area contributed by atoms with E-state index in [1.165, 1.54) is 20.4 Å². The number of hydrogen-bond donors (Lipinski definition) is 1. The molecule has 4 aromatic rings. The predicted molar refractivity (Wildman–Crippen MR) is 138 cm³/mol. The van der Waals surface area contributed by atoms with Gasteiger partial charge < -0.3 is 14.2 Å². The number of nitrogens with one attached hydrogen (secondary N) is 1. The molecule has 0 spiro atoms. The Bertz CT molecular complexity index is 1430. The molecule has 0 fully saturated rings. The third kappa shape index (κ3) is 4.80. The number of nitrogens with zero attached hydrogens (tertiary/aromatic N) is 2. The third-order valence-corrected chi connectivity index (χ3v) is 5.73. The fourth-order valence-corrected chi connectivity index (χ4v) is 3.96. The summed E-state index contributed by atoms with van der Waals surface area (Å²) in [4.78, 5) is 18.0. The standard InChI is InChI=1S/C28H27N3O4/c1-17-10-11-18(2)21(14-17)24-15-22(20-8-6-7-9-23(20)30-24)28(32)31-29-16-19-12-13-25(33-3)27(35-5)26(19)34-4/h6-16H,1-5H3,(H,31,32)/b29-16+. The van der Waals surface area contributed by atoms with Crippen molar-refractivity contribution in [3.63, 3.8) is 0 Å². The molecule has 1 N–H and O–H groups in total. The maximum absolute atomic E-state index is 13.2. The van der Waals surface area contributed by atoms with E-state index in [0.29, 0.717) is 28.4 Å². The van der Waals surface area contributed by atoms with Gasteiger partial charge in [0.05, 0.1) is 44.3 Å². The Morgan fingerprint density at radius 3 is 2.43 bits per heavy atom. The van der Waals surface area contributed by atoms with E-state index in [9.17, 15) is 4.79 Å². The number of amides is 1. The predicted octanol–water partition coefficient (Wildman–Crippen LogP) is 5.31. The molecule has 0 aliphatic rings. The highest BCUT2D eigenvalue weighted by molar-refractivity contribution is 6.07. The van der Waals surface area contributed by atoms with E-state index in [0.717, 1.165) is 33.3 Å². The number of aryl methyl sites for hydroxylation is 2. The molecule has 1 aromatic heterocycles. The number of benzene rings is 3. The van der Waals surface area contributed by atoms with Crippen LogP contribution in [0.4, 0.5) is 0 Å². The van der Waals surface area contributed by atoms with Crippen molar-refractivity contribution in [2.45, 2.75) is 13.8 Å². The van der Waals surface area contributed by atoms with Gasteiger partial charge >= 0.3 is 0 Å². The van der Waals surface area contributed by atoms with Crippen molar-refractivity contribution in [1.82, 2.24) is 10.4 Å². The lowest BCUT2D eigenvalue weighted by Crippen LogP contribution is -2.18. The van der Waals surface area contributed by atoms with Crippen molar-refractivity contribution in [3.8, 4) is 28.5 Å². The minimum atomic E-state index is -0.342. The molecular weight excluding hydrogens is 442 g/mol. The smallest absolute Gasteiger partial charge is 0.272 e. The van der Waals surface area contributed by atoms with E-state index in [-0.39, 0.29) is 5.91 Å². The van der Waals surface area contributed by atoms with Crippen LogP contribution in [0.25, 0.3) is 22.2 Å². The Labute approximate surface area is 204 Å². The highest BCUT2D eigenvalue weighted by atomic mass is 16.5. The molecule has 7 heteroatoms. The van der Waals surface area contributed by atoms with E-state index in [2.05, 4.69) is 28.7 Å². The van der Waals surface area contributed by atoms with Gasteiger partial charge in [0.2, 0.25) is 5.75 Å². The molecule has 0 saturated heterocycles. The molecule has 3 aromatic carbocycles. The largest absolute Gasteiger partial charge is 0.493 e. The van der Waals surface area contributed by atoms with Crippen LogP contribution < -0.4 is 19.6 Å². The van der Waals surface area contributed by atoms with Crippen molar-refractivity contribution >= 4 is 23.0 Å². The zero-order valence-electron chi connectivity index (χ0n) is 20.4. The number of pyridine rings is 1. The minimum absolute atomic E-state index is 0.342. The number of carbonyl (C=O) groups excluding carboxylic acids is 1. The highest BCUT2D eigenvalue weighted by Gasteiger charge is 2.16. The van der Waals surface area contributed by atoms with E-state index in [4.69, 9.17) is 19.2 Å². The molecule has 1 amide bonds. The number of hydrogen-bond acceptors (Lipinski definition) is 6. The average Bonchev–Trinajstić information content (AvgIpc) is 2.88. The molecule has 0 aliphatic heterocycles. The molecule has 0 saturated carbocycles. The lowest BCUT2D eigenvalue weighted by atomic mass is 9.99. The summed E-state index contributed by atoms with van der Waals surface area (Å²) < 4.78 is 16.2. The molecular formula is C28H27N3O4. The Hall–Kier alpha value is -4.39. The summed E-state index contributed by atoms with van der Waals surface area (Å²) in [5.41, 5.74) is 8.43. The fraction of sp³-hybridized carbons (Fsp3) is 0.179. The van der Waals surface area contributed by atoms with Crippen LogP contribution in [0.5, 0.6) is 17.2 Å². The van der Waals surface area contributed by atoms with Gasteiger partial charge in [-0.25, -0.2) is 10.4 Å². The molecule has 35 heavy (non-hydrogen) atoms. The molecule has 0 bridgehead atoms. The van der Waals surface area contributed by atoms with Gasteiger partial charge in [-0.2, -0.15) is 5.10 Å². The first-order valence-electron chi connectivity index (χ1n) is 11.1.